The molecule has 0 fully saturated rings. The van der Waals surface area contributed by atoms with E-state index in [1.165, 1.54) is 0 Å². The van der Waals surface area contributed by atoms with Gasteiger partial charge in [0.2, 0.25) is 0 Å². The Labute approximate surface area is 173 Å². The minimum absolute atomic E-state index is 0.136. The average Bonchev–Trinajstić information content (AvgIpc) is 2.91. The molecule has 0 unspecified atom stereocenters. The Hall–Kier alpha value is -2.34. The van der Waals surface area contributed by atoms with Crippen LogP contribution >= 0.6 is 23.2 Å². The van der Waals surface area contributed by atoms with Crippen LogP contribution in [0.4, 0.5) is 5.69 Å². The van der Waals surface area contributed by atoms with E-state index < -0.39 is 11.8 Å². The van der Waals surface area contributed by atoms with Crippen molar-refractivity contribution in [1.29, 1.82) is 0 Å². The van der Waals surface area contributed by atoms with Crippen molar-refractivity contribution in [2.75, 3.05) is 25.1 Å². The van der Waals surface area contributed by atoms with Gasteiger partial charge in [0.25, 0.3) is 11.8 Å². The van der Waals surface area contributed by atoms with E-state index in [0.29, 0.717) is 5.56 Å². The zero-order valence-electron chi connectivity index (χ0n) is 15.8. The van der Waals surface area contributed by atoms with Crippen molar-refractivity contribution in [3.05, 3.63) is 68.8 Å². The van der Waals surface area contributed by atoms with Crippen molar-refractivity contribution in [2.24, 2.45) is 0 Å². The van der Waals surface area contributed by atoms with Crippen molar-refractivity contribution < 1.29 is 14.7 Å². The van der Waals surface area contributed by atoms with Crippen molar-refractivity contribution in [2.45, 2.75) is 13.8 Å². The number of aliphatic hydroxyl groups excluding tert-OH is 1. The molecule has 2 aromatic carbocycles. The third-order valence-corrected chi connectivity index (χ3v) is 5.65. The van der Waals surface area contributed by atoms with E-state index in [1.54, 1.807) is 30.1 Å². The van der Waals surface area contributed by atoms with Gasteiger partial charge in [-0.3, -0.25) is 9.59 Å². The quantitative estimate of drug-likeness (QED) is 0.749. The fourth-order valence-corrected chi connectivity index (χ4v) is 3.56. The number of hydrogen-bond acceptors (Lipinski definition) is 4. The summed E-state index contributed by atoms with van der Waals surface area (Å²) in [6, 6.07) is 10.4. The number of amides is 2. The first-order valence-electron chi connectivity index (χ1n) is 8.74. The van der Waals surface area contributed by atoms with Crippen LogP contribution in [-0.4, -0.2) is 42.0 Å². The molecule has 146 valence electrons. The minimum Gasteiger partial charge on any atom is -0.395 e. The Balaban J connectivity index is 2.19. The second kappa shape index (κ2) is 7.95. The number of hydrogen-bond donors (Lipinski definition) is 1. The molecule has 0 saturated heterocycles. The lowest BCUT2D eigenvalue weighted by molar-refractivity contribution is -0.120. The van der Waals surface area contributed by atoms with Crippen molar-refractivity contribution in [1.82, 2.24) is 4.90 Å². The van der Waals surface area contributed by atoms with E-state index in [9.17, 15) is 14.7 Å². The smallest absolute Gasteiger partial charge is 0.282 e. The number of carbonyl (C=O) groups excluding carboxylic acids is 2. The Kier molecular flexibility index (Phi) is 5.79. The summed E-state index contributed by atoms with van der Waals surface area (Å²) >= 11 is 12.4. The predicted molar refractivity (Wildman–Crippen MR) is 112 cm³/mol. The molecule has 2 aromatic rings. The normalized spacial score (nSPS) is 14.3. The number of rotatable bonds is 5. The van der Waals surface area contributed by atoms with Crippen LogP contribution in [0.15, 0.2) is 42.1 Å². The van der Waals surface area contributed by atoms with Gasteiger partial charge in [-0.05, 0) is 42.7 Å². The number of imide groups is 1. The number of likely N-dealkylation sites (N-methyl/N-ethyl adjacent to an activating group) is 1. The monoisotopic (exact) mass is 418 g/mol. The molecular formula is C21H20Cl2N2O3. The summed E-state index contributed by atoms with van der Waals surface area (Å²) in [5.74, 6) is -0.976. The van der Waals surface area contributed by atoms with Gasteiger partial charge in [-0.15, -0.1) is 0 Å². The number of carbonyl (C=O) groups is 2. The van der Waals surface area contributed by atoms with E-state index in [0.717, 1.165) is 16.0 Å². The van der Waals surface area contributed by atoms with Gasteiger partial charge in [0, 0.05) is 13.6 Å². The van der Waals surface area contributed by atoms with Gasteiger partial charge >= 0.3 is 0 Å². The van der Waals surface area contributed by atoms with Gasteiger partial charge in [0.15, 0.2) is 0 Å². The number of aryl methyl sites for hydroxylation is 2. The summed E-state index contributed by atoms with van der Waals surface area (Å²) in [7, 11) is 1.67. The molecule has 1 aliphatic rings. The van der Waals surface area contributed by atoms with Crippen LogP contribution in [0.1, 0.15) is 16.7 Å². The summed E-state index contributed by atoms with van der Waals surface area (Å²) < 4.78 is 0. The lowest BCUT2D eigenvalue weighted by Crippen LogP contribution is -2.35. The molecule has 0 radical (unpaired) electrons. The lowest BCUT2D eigenvalue weighted by Gasteiger charge is -2.21. The Morgan fingerprint density at radius 3 is 2.39 bits per heavy atom. The molecule has 7 heteroatoms. The molecule has 3 rings (SSSR count). The van der Waals surface area contributed by atoms with Gasteiger partial charge in [0.1, 0.15) is 5.70 Å². The van der Waals surface area contributed by atoms with Crippen LogP contribution in [0, 0.1) is 13.8 Å². The van der Waals surface area contributed by atoms with Gasteiger partial charge in [-0.1, -0.05) is 47.5 Å². The van der Waals surface area contributed by atoms with Crippen LogP contribution in [-0.2, 0) is 9.59 Å². The molecule has 0 saturated carbocycles. The SMILES string of the molecule is Cc1ccc(C2=C(N(C)CCO)C(=O)N(c3cccc(Cl)c3Cl)C2=O)cc1C. The van der Waals surface area contributed by atoms with Crippen molar-refractivity contribution in [3.63, 3.8) is 0 Å². The summed E-state index contributed by atoms with van der Waals surface area (Å²) in [6.07, 6.45) is 0. The Bertz CT molecular complexity index is 1000. The highest BCUT2D eigenvalue weighted by Crippen LogP contribution is 2.39. The first kappa shape index (κ1) is 20.4. The maximum atomic E-state index is 13.4. The molecule has 28 heavy (non-hydrogen) atoms. The number of nitrogens with zero attached hydrogens (tertiary/aromatic N) is 2. The van der Waals surface area contributed by atoms with E-state index in [2.05, 4.69) is 0 Å². The fraction of sp³-hybridized carbons (Fsp3) is 0.238. The van der Waals surface area contributed by atoms with Crippen LogP contribution in [0.5, 0.6) is 0 Å². The summed E-state index contributed by atoms with van der Waals surface area (Å²) in [6.45, 7) is 3.98. The molecule has 0 spiro atoms. The molecule has 0 bridgehead atoms. The predicted octanol–water partition coefficient (Wildman–Crippen LogP) is 3.82. The molecule has 1 aliphatic heterocycles. The molecule has 2 amide bonds. The second-order valence-corrected chi connectivity index (χ2v) is 7.47. The minimum atomic E-state index is -0.502. The standard InChI is InChI=1S/C21H20Cl2N2O3/c1-12-7-8-14(11-13(12)2)17-19(24(3)9-10-26)21(28)25(20(17)27)16-6-4-5-15(22)18(16)23/h4-8,11,26H,9-10H2,1-3H3. The number of halogens is 2. The van der Waals surface area contributed by atoms with E-state index in [-0.39, 0.29) is 40.2 Å². The van der Waals surface area contributed by atoms with Gasteiger partial charge < -0.3 is 10.0 Å². The van der Waals surface area contributed by atoms with Crippen molar-refractivity contribution in [3.8, 4) is 0 Å². The van der Waals surface area contributed by atoms with Crippen molar-refractivity contribution >= 4 is 46.3 Å². The summed E-state index contributed by atoms with van der Waals surface area (Å²) in [5, 5.41) is 9.73. The number of aliphatic hydroxyl groups is 1. The first-order valence-corrected chi connectivity index (χ1v) is 9.50. The third-order valence-electron chi connectivity index (χ3n) is 4.84. The molecule has 0 atom stereocenters. The number of anilines is 1. The van der Waals surface area contributed by atoms with Gasteiger partial charge in [0.05, 0.1) is 27.9 Å². The topological polar surface area (TPSA) is 60.9 Å². The maximum Gasteiger partial charge on any atom is 0.282 e. The zero-order valence-corrected chi connectivity index (χ0v) is 17.3. The average molecular weight is 419 g/mol. The van der Waals surface area contributed by atoms with Crippen LogP contribution in [0.2, 0.25) is 10.0 Å². The Morgan fingerprint density at radius 2 is 1.75 bits per heavy atom. The summed E-state index contributed by atoms with van der Waals surface area (Å²) in [4.78, 5) is 29.2. The lowest BCUT2D eigenvalue weighted by atomic mass is 9.99. The van der Waals surface area contributed by atoms with Crippen LogP contribution < -0.4 is 4.90 Å². The highest BCUT2D eigenvalue weighted by molar-refractivity contribution is 6.49. The van der Waals surface area contributed by atoms with E-state index in [1.807, 2.05) is 32.0 Å². The zero-order chi connectivity index (χ0) is 20.6. The fourth-order valence-electron chi connectivity index (χ4n) is 3.18. The Morgan fingerprint density at radius 1 is 1.04 bits per heavy atom. The molecule has 1 heterocycles. The molecule has 0 aromatic heterocycles. The second-order valence-electron chi connectivity index (χ2n) is 6.69. The third kappa shape index (κ3) is 3.41. The summed E-state index contributed by atoms with van der Waals surface area (Å²) in [5.41, 5.74) is 3.47. The largest absolute Gasteiger partial charge is 0.395 e. The maximum absolute atomic E-state index is 13.4. The molecule has 0 aliphatic carbocycles. The van der Waals surface area contributed by atoms with E-state index in [4.69, 9.17) is 23.2 Å². The highest BCUT2D eigenvalue weighted by Gasteiger charge is 2.42. The molecule has 1 N–H and O–H groups in total. The van der Waals surface area contributed by atoms with Crippen LogP contribution in [0.3, 0.4) is 0 Å². The molecular weight excluding hydrogens is 399 g/mol. The van der Waals surface area contributed by atoms with Gasteiger partial charge in [-0.25, -0.2) is 4.90 Å². The molecule has 5 nitrogen and oxygen atoms in total. The highest BCUT2D eigenvalue weighted by atomic mass is 35.5. The van der Waals surface area contributed by atoms with Gasteiger partial charge in [-0.2, -0.15) is 0 Å². The van der Waals surface area contributed by atoms with E-state index >= 15 is 0 Å². The number of benzene rings is 2. The van der Waals surface area contributed by atoms with Crippen LogP contribution in [0.25, 0.3) is 5.57 Å². The first-order chi connectivity index (χ1) is 13.3.